The first-order valence-electron chi connectivity index (χ1n) is 8.01. The van der Waals surface area contributed by atoms with Gasteiger partial charge >= 0.3 is 0 Å². The first-order chi connectivity index (χ1) is 11.4. The van der Waals surface area contributed by atoms with Gasteiger partial charge in [-0.25, -0.2) is 9.97 Å². The molecule has 1 aromatic heterocycles. The average Bonchev–Trinajstić information content (AvgIpc) is 2.49. The molecule has 1 heterocycles. The van der Waals surface area contributed by atoms with Gasteiger partial charge in [0.2, 0.25) is 0 Å². The molecule has 0 radical (unpaired) electrons. The van der Waals surface area contributed by atoms with E-state index in [9.17, 15) is 0 Å². The molecular weight excluding hydrogens is 345 g/mol. The third kappa shape index (κ3) is 4.99. The minimum Gasteiger partial charge on any atom is -0.490 e. The van der Waals surface area contributed by atoms with Crippen molar-refractivity contribution in [3.8, 4) is 5.75 Å². The molecule has 0 aliphatic heterocycles. The number of hydrogen-bond donors (Lipinski definition) is 1. The number of halogens is 2. The molecule has 0 bridgehead atoms. The smallest absolute Gasteiger partial charge is 0.148 e. The molecule has 2 rings (SSSR count). The van der Waals surface area contributed by atoms with Crippen molar-refractivity contribution < 1.29 is 4.74 Å². The minimum absolute atomic E-state index is 0.462. The van der Waals surface area contributed by atoms with Gasteiger partial charge in [-0.1, -0.05) is 43.1 Å². The van der Waals surface area contributed by atoms with E-state index in [-0.39, 0.29) is 0 Å². The summed E-state index contributed by atoms with van der Waals surface area (Å²) in [6, 6.07) is 4.13. The summed E-state index contributed by atoms with van der Waals surface area (Å²) >= 11 is 12.5. The number of benzene rings is 1. The zero-order valence-corrected chi connectivity index (χ0v) is 16.0. The molecule has 0 unspecified atom stereocenters. The van der Waals surface area contributed by atoms with Crippen LogP contribution >= 0.6 is 23.2 Å². The summed E-state index contributed by atoms with van der Waals surface area (Å²) in [6.45, 7) is 9.28. The second-order valence-corrected chi connectivity index (χ2v) is 7.00. The standard InChI is InChI=1S/C18H23Cl2N3O/c1-11(2)7-14-8-12(3)17(15(19)9-14)24-6-5-21-18-16(20)13(4)22-10-23-18/h8-11H,5-7H2,1-4H3,(H,21,22,23). The topological polar surface area (TPSA) is 47.0 Å². The summed E-state index contributed by atoms with van der Waals surface area (Å²) in [6.07, 6.45) is 2.49. The lowest BCUT2D eigenvalue weighted by molar-refractivity contribution is 0.330. The Balaban J connectivity index is 1.93. The first kappa shape index (κ1) is 18.8. The van der Waals surface area contributed by atoms with E-state index in [1.807, 2.05) is 19.9 Å². The zero-order chi connectivity index (χ0) is 17.7. The van der Waals surface area contributed by atoms with Crippen molar-refractivity contribution in [2.45, 2.75) is 34.1 Å². The number of nitrogens with zero attached hydrogens (tertiary/aromatic N) is 2. The highest BCUT2D eigenvalue weighted by Gasteiger charge is 2.10. The van der Waals surface area contributed by atoms with Gasteiger partial charge in [-0.15, -0.1) is 0 Å². The van der Waals surface area contributed by atoms with E-state index < -0.39 is 0 Å². The fourth-order valence-corrected chi connectivity index (χ4v) is 2.99. The molecule has 24 heavy (non-hydrogen) atoms. The molecule has 4 nitrogen and oxygen atoms in total. The Hall–Kier alpha value is -1.52. The molecule has 0 fully saturated rings. The van der Waals surface area contributed by atoms with Crippen LogP contribution in [0, 0.1) is 19.8 Å². The van der Waals surface area contributed by atoms with Gasteiger partial charge in [0.15, 0.2) is 0 Å². The number of aryl methyl sites for hydroxylation is 2. The maximum atomic E-state index is 6.37. The van der Waals surface area contributed by atoms with Crippen LogP contribution in [0.2, 0.25) is 10.0 Å². The highest BCUT2D eigenvalue weighted by atomic mass is 35.5. The summed E-state index contributed by atoms with van der Waals surface area (Å²) in [5.74, 6) is 1.94. The van der Waals surface area contributed by atoms with Crippen LogP contribution in [0.25, 0.3) is 0 Å². The molecule has 2 aromatic rings. The molecule has 0 spiro atoms. The molecule has 0 aliphatic carbocycles. The number of hydrogen-bond acceptors (Lipinski definition) is 4. The predicted molar refractivity (Wildman–Crippen MR) is 100 cm³/mol. The fraction of sp³-hybridized carbons (Fsp3) is 0.444. The summed E-state index contributed by atoms with van der Waals surface area (Å²) in [5, 5.41) is 4.34. The van der Waals surface area contributed by atoms with Crippen molar-refractivity contribution in [3.63, 3.8) is 0 Å². The van der Waals surface area contributed by atoms with E-state index in [2.05, 4.69) is 35.2 Å². The number of rotatable bonds is 7. The van der Waals surface area contributed by atoms with Gasteiger partial charge in [-0.05, 0) is 43.4 Å². The van der Waals surface area contributed by atoms with Crippen LogP contribution in [0.3, 0.4) is 0 Å². The Labute approximate surface area is 153 Å². The maximum Gasteiger partial charge on any atom is 0.148 e. The van der Waals surface area contributed by atoms with Crippen LogP contribution in [0.15, 0.2) is 18.5 Å². The van der Waals surface area contributed by atoms with Crippen molar-refractivity contribution in [1.29, 1.82) is 0 Å². The van der Waals surface area contributed by atoms with Crippen molar-refractivity contribution >= 4 is 29.0 Å². The highest BCUT2D eigenvalue weighted by Crippen LogP contribution is 2.31. The molecule has 0 aliphatic rings. The Kier molecular flexibility index (Phi) is 6.69. The Morgan fingerprint density at radius 2 is 1.92 bits per heavy atom. The van der Waals surface area contributed by atoms with Gasteiger partial charge in [0.1, 0.15) is 29.5 Å². The minimum atomic E-state index is 0.462. The fourth-order valence-electron chi connectivity index (χ4n) is 2.48. The second-order valence-electron chi connectivity index (χ2n) is 6.22. The van der Waals surface area contributed by atoms with Crippen molar-refractivity contribution in [2.24, 2.45) is 5.92 Å². The van der Waals surface area contributed by atoms with E-state index in [4.69, 9.17) is 27.9 Å². The third-order valence-electron chi connectivity index (χ3n) is 3.54. The summed E-state index contributed by atoms with van der Waals surface area (Å²) < 4.78 is 5.84. The lowest BCUT2D eigenvalue weighted by Gasteiger charge is -2.14. The van der Waals surface area contributed by atoms with Crippen molar-refractivity contribution in [1.82, 2.24) is 9.97 Å². The van der Waals surface area contributed by atoms with Crippen molar-refractivity contribution in [2.75, 3.05) is 18.5 Å². The van der Waals surface area contributed by atoms with Crippen LogP contribution in [0.5, 0.6) is 5.75 Å². The van der Waals surface area contributed by atoms with Crippen LogP contribution in [-0.4, -0.2) is 23.1 Å². The van der Waals surface area contributed by atoms with E-state index >= 15 is 0 Å². The van der Waals surface area contributed by atoms with Gasteiger partial charge in [-0.3, -0.25) is 0 Å². The van der Waals surface area contributed by atoms with E-state index in [0.717, 1.165) is 23.4 Å². The van der Waals surface area contributed by atoms with Crippen molar-refractivity contribution in [3.05, 3.63) is 45.3 Å². The van der Waals surface area contributed by atoms with Gasteiger partial charge in [0.05, 0.1) is 17.3 Å². The normalized spacial score (nSPS) is 11.0. The van der Waals surface area contributed by atoms with Crippen LogP contribution in [-0.2, 0) is 6.42 Å². The third-order valence-corrected chi connectivity index (χ3v) is 4.27. The lowest BCUT2D eigenvalue weighted by Crippen LogP contribution is -2.13. The Morgan fingerprint density at radius 3 is 2.58 bits per heavy atom. The number of aromatic nitrogens is 2. The predicted octanol–water partition coefficient (Wildman–Crippen LogP) is 5.09. The molecule has 1 aromatic carbocycles. The largest absolute Gasteiger partial charge is 0.490 e. The van der Waals surface area contributed by atoms with Crippen LogP contribution in [0.4, 0.5) is 5.82 Å². The zero-order valence-electron chi connectivity index (χ0n) is 14.5. The summed E-state index contributed by atoms with van der Waals surface area (Å²) in [5.41, 5.74) is 3.03. The van der Waals surface area contributed by atoms with E-state index in [1.165, 1.54) is 11.9 Å². The molecular formula is C18H23Cl2N3O. The maximum absolute atomic E-state index is 6.37. The summed E-state index contributed by atoms with van der Waals surface area (Å²) in [7, 11) is 0. The number of anilines is 1. The molecule has 6 heteroatoms. The van der Waals surface area contributed by atoms with Gasteiger partial charge in [0.25, 0.3) is 0 Å². The Bertz CT molecular complexity index is 682. The van der Waals surface area contributed by atoms with Gasteiger partial charge in [-0.2, -0.15) is 0 Å². The molecule has 0 amide bonds. The van der Waals surface area contributed by atoms with E-state index in [1.54, 1.807) is 0 Å². The van der Waals surface area contributed by atoms with Crippen LogP contribution in [0.1, 0.15) is 30.7 Å². The quantitative estimate of drug-likeness (QED) is 0.692. The average molecular weight is 368 g/mol. The van der Waals surface area contributed by atoms with Gasteiger partial charge in [0, 0.05) is 0 Å². The molecule has 0 saturated carbocycles. The van der Waals surface area contributed by atoms with Crippen LogP contribution < -0.4 is 10.1 Å². The molecule has 0 saturated heterocycles. The second kappa shape index (κ2) is 8.54. The monoisotopic (exact) mass is 367 g/mol. The summed E-state index contributed by atoms with van der Waals surface area (Å²) in [4.78, 5) is 8.16. The van der Waals surface area contributed by atoms with E-state index in [0.29, 0.717) is 34.9 Å². The SMILES string of the molecule is Cc1cc(CC(C)C)cc(Cl)c1OCCNc1ncnc(C)c1Cl. The lowest BCUT2D eigenvalue weighted by atomic mass is 10.0. The molecule has 130 valence electrons. The number of nitrogens with one attached hydrogen (secondary N) is 1. The number of ether oxygens (including phenoxy) is 1. The highest BCUT2D eigenvalue weighted by molar-refractivity contribution is 6.33. The Morgan fingerprint density at radius 1 is 1.17 bits per heavy atom. The molecule has 0 atom stereocenters. The van der Waals surface area contributed by atoms with Gasteiger partial charge < -0.3 is 10.1 Å². The molecule has 1 N–H and O–H groups in total. The first-order valence-corrected chi connectivity index (χ1v) is 8.77.